The average molecular weight is 320 g/mol. The number of carbonyl (C=O) groups is 1. The molecule has 4 nitrogen and oxygen atoms in total. The van der Waals surface area contributed by atoms with Crippen LogP contribution < -0.4 is 0 Å². The van der Waals surface area contributed by atoms with Crippen molar-refractivity contribution in [2.45, 2.75) is 64.8 Å². The van der Waals surface area contributed by atoms with Crippen molar-refractivity contribution >= 4 is 6.29 Å². The molecule has 1 saturated heterocycles. The number of aldehydes is 1. The lowest BCUT2D eigenvalue weighted by Gasteiger charge is -2.46. The first-order chi connectivity index (χ1) is 11.0. The average Bonchev–Trinajstić information content (AvgIpc) is 3.16. The van der Waals surface area contributed by atoms with E-state index < -0.39 is 11.9 Å². The molecule has 2 aliphatic carbocycles. The number of fused-ring (bicyclic) bond motifs is 2. The van der Waals surface area contributed by atoms with Gasteiger partial charge in [-0.05, 0) is 31.1 Å². The molecule has 23 heavy (non-hydrogen) atoms. The molecule has 128 valence electrons. The number of hydrogen-bond donors (Lipinski definition) is 1. The van der Waals surface area contributed by atoms with Crippen molar-refractivity contribution < 1.29 is 19.4 Å². The van der Waals surface area contributed by atoms with Crippen molar-refractivity contribution in [1.29, 1.82) is 0 Å². The molecule has 0 aromatic carbocycles. The topological polar surface area (TPSA) is 55.8 Å². The molecule has 2 saturated carbocycles. The fourth-order valence-electron chi connectivity index (χ4n) is 5.84. The molecule has 3 fully saturated rings. The summed E-state index contributed by atoms with van der Waals surface area (Å²) in [6.45, 7) is 7.33. The van der Waals surface area contributed by atoms with Gasteiger partial charge < -0.3 is 19.4 Å². The Kier molecular flexibility index (Phi) is 4.33. The van der Waals surface area contributed by atoms with Gasteiger partial charge in [0, 0.05) is 30.6 Å². The lowest BCUT2D eigenvalue weighted by molar-refractivity contribution is -0.228. The summed E-state index contributed by atoms with van der Waals surface area (Å²) in [5.74, 6) is 5.62. The van der Waals surface area contributed by atoms with Crippen LogP contribution >= 0.6 is 0 Å². The molecule has 3 aliphatic rings. The van der Waals surface area contributed by atoms with Crippen LogP contribution in [-0.4, -0.2) is 36.5 Å². The highest BCUT2D eigenvalue weighted by Crippen LogP contribution is 2.71. The fourth-order valence-corrected chi connectivity index (χ4v) is 5.84. The van der Waals surface area contributed by atoms with Crippen molar-refractivity contribution in [1.82, 2.24) is 0 Å². The summed E-state index contributed by atoms with van der Waals surface area (Å²) in [6.07, 6.45) is 4.18. The van der Waals surface area contributed by atoms with E-state index in [0.717, 1.165) is 25.5 Å². The Hall–Kier alpha value is -0.890. The Labute approximate surface area is 138 Å². The smallest absolute Gasteiger partial charge is 0.172 e. The van der Waals surface area contributed by atoms with Crippen LogP contribution in [0.4, 0.5) is 0 Å². The van der Waals surface area contributed by atoms with E-state index in [1.54, 1.807) is 6.92 Å². The summed E-state index contributed by atoms with van der Waals surface area (Å²) in [5, 5.41) is 11.0. The van der Waals surface area contributed by atoms with Gasteiger partial charge in [0.2, 0.25) is 0 Å². The predicted octanol–water partition coefficient (Wildman–Crippen LogP) is 2.54. The summed E-state index contributed by atoms with van der Waals surface area (Å²) < 4.78 is 12.2. The van der Waals surface area contributed by atoms with Crippen LogP contribution in [-0.2, 0) is 14.3 Å². The first-order valence-corrected chi connectivity index (χ1v) is 8.74. The Morgan fingerprint density at radius 2 is 2.04 bits per heavy atom. The fraction of sp³-hybridized carbons (Fsp3) is 0.842. The minimum atomic E-state index is -0.622. The third kappa shape index (κ3) is 2.28. The molecule has 0 unspecified atom stereocenters. The zero-order chi connectivity index (χ0) is 16.7. The van der Waals surface area contributed by atoms with Gasteiger partial charge in [0.25, 0.3) is 0 Å². The molecule has 3 rings (SSSR count). The summed E-state index contributed by atoms with van der Waals surface area (Å²) >= 11 is 0. The molecular formula is C19H28O4. The molecule has 1 N–H and O–H groups in total. The van der Waals surface area contributed by atoms with Crippen molar-refractivity contribution in [3.05, 3.63) is 0 Å². The lowest BCUT2D eigenvalue weighted by atomic mass is 9.63. The van der Waals surface area contributed by atoms with Crippen LogP contribution in [0.15, 0.2) is 0 Å². The van der Waals surface area contributed by atoms with Crippen LogP contribution in [0.2, 0.25) is 0 Å². The molecule has 0 aromatic rings. The summed E-state index contributed by atoms with van der Waals surface area (Å²) in [5.41, 5.74) is -0.464. The maximum Gasteiger partial charge on any atom is 0.172 e. The highest BCUT2D eigenvalue weighted by Gasteiger charge is 2.72. The van der Waals surface area contributed by atoms with Crippen LogP contribution in [0.3, 0.4) is 0 Å². The third-order valence-electron chi connectivity index (χ3n) is 6.88. The minimum Gasteiger partial charge on any atom is -0.392 e. The van der Waals surface area contributed by atoms with E-state index in [4.69, 9.17) is 9.47 Å². The van der Waals surface area contributed by atoms with E-state index in [1.165, 1.54) is 0 Å². The van der Waals surface area contributed by atoms with Gasteiger partial charge in [0.15, 0.2) is 5.79 Å². The SMILES string of the molecule is CC#CC[C@@H](O)[C@]1(C)[C@H](C)C[C@@]2(CC=O)CCC3(OCCO3)[C@H]21. The van der Waals surface area contributed by atoms with Crippen molar-refractivity contribution in [2.24, 2.45) is 22.7 Å². The molecule has 0 radical (unpaired) electrons. The molecule has 1 aliphatic heterocycles. The minimum absolute atomic E-state index is 0.0406. The van der Waals surface area contributed by atoms with Gasteiger partial charge in [-0.3, -0.25) is 0 Å². The molecule has 0 amide bonds. The van der Waals surface area contributed by atoms with Gasteiger partial charge in [-0.15, -0.1) is 11.8 Å². The van der Waals surface area contributed by atoms with E-state index in [2.05, 4.69) is 25.7 Å². The summed E-state index contributed by atoms with van der Waals surface area (Å²) in [4.78, 5) is 11.4. The highest BCUT2D eigenvalue weighted by atomic mass is 16.7. The first kappa shape index (κ1) is 17.0. The number of ether oxygens (including phenoxy) is 2. The zero-order valence-corrected chi connectivity index (χ0v) is 14.4. The van der Waals surface area contributed by atoms with E-state index in [0.29, 0.717) is 32.0 Å². The van der Waals surface area contributed by atoms with Crippen molar-refractivity contribution in [2.75, 3.05) is 13.2 Å². The Bertz CT molecular complexity index is 527. The van der Waals surface area contributed by atoms with Crippen LogP contribution in [0.5, 0.6) is 0 Å². The molecule has 0 bridgehead atoms. The normalized spacial score (nSPS) is 42.3. The van der Waals surface area contributed by atoms with Gasteiger partial charge in [-0.1, -0.05) is 13.8 Å². The largest absolute Gasteiger partial charge is 0.392 e. The Balaban J connectivity index is 2.03. The van der Waals surface area contributed by atoms with E-state index in [9.17, 15) is 9.90 Å². The highest BCUT2D eigenvalue weighted by molar-refractivity contribution is 5.52. The van der Waals surface area contributed by atoms with Gasteiger partial charge in [-0.25, -0.2) is 0 Å². The van der Waals surface area contributed by atoms with Gasteiger partial charge in [0.05, 0.1) is 19.3 Å². The van der Waals surface area contributed by atoms with Crippen molar-refractivity contribution in [3.8, 4) is 11.8 Å². The molecule has 1 heterocycles. The monoisotopic (exact) mass is 320 g/mol. The second-order valence-corrected chi connectivity index (χ2v) is 7.79. The van der Waals surface area contributed by atoms with Crippen LogP contribution in [0.25, 0.3) is 0 Å². The molecule has 5 atom stereocenters. The number of aliphatic hydroxyl groups is 1. The number of hydrogen-bond acceptors (Lipinski definition) is 4. The molecule has 4 heteroatoms. The maximum absolute atomic E-state index is 11.4. The van der Waals surface area contributed by atoms with Crippen LogP contribution in [0, 0.1) is 34.5 Å². The summed E-state index contributed by atoms with van der Waals surface area (Å²) in [6, 6.07) is 0. The standard InChI is InChI=1S/C19H28O4/c1-4-5-6-15(21)17(3)14(2)13-18(9-10-20)7-8-19(16(17)18)22-11-12-23-19/h10,14-16,21H,6-9,11-13H2,1-3H3/t14-,15-,16+,17+,18+/m1/s1. The van der Waals surface area contributed by atoms with Gasteiger partial charge in [0.1, 0.15) is 6.29 Å². The number of aliphatic hydroxyl groups excluding tert-OH is 1. The zero-order valence-electron chi connectivity index (χ0n) is 14.4. The predicted molar refractivity (Wildman–Crippen MR) is 86.4 cm³/mol. The quantitative estimate of drug-likeness (QED) is 0.639. The Morgan fingerprint density at radius 1 is 1.35 bits per heavy atom. The Morgan fingerprint density at radius 3 is 2.65 bits per heavy atom. The molecule has 0 aromatic heterocycles. The van der Waals surface area contributed by atoms with Gasteiger partial charge >= 0.3 is 0 Å². The lowest BCUT2D eigenvalue weighted by Crippen LogP contribution is -2.52. The van der Waals surface area contributed by atoms with Crippen LogP contribution in [0.1, 0.15) is 52.9 Å². The first-order valence-electron chi connectivity index (χ1n) is 8.74. The van der Waals surface area contributed by atoms with Gasteiger partial charge in [-0.2, -0.15) is 0 Å². The molecular weight excluding hydrogens is 292 g/mol. The summed E-state index contributed by atoms with van der Waals surface area (Å²) in [7, 11) is 0. The second-order valence-electron chi connectivity index (χ2n) is 7.79. The number of rotatable bonds is 4. The second kappa shape index (κ2) is 5.88. The van der Waals surface area contributed by atoms with E-state index >= 15 is 0 Å². The molecule has 1 spiro atoms. The van der Waals surface area contributed by atoms with E-state index in [1.807, 2.05) is 0 Å². The third-order valence-corrected chi connectivity index (χ3v) is 6.88. The number of carbonyl (C=O) groups excluding carboxylic acids is 1. The maximum atomic E-state index is 11.4. The van der Waals surface area contributed by atoms with E-state index in [-0.39, 0.29) is 16.7 Å². The van der Waals surface area contributed by atoms with Crippen molar-refractivity contribution in [3.63, 3.8) is 0 Å².